The van der Waals surface area contributed by atoms with Gasteiger partial charge in [-0.3, -0.25) is 0 Å². The van der Waals surface area contributed by atoms with Crippen LogP contribution < -0.4 is 10.1 Å². The first-order valence-corrected chi connectivity index (χ1v) is 7.88. The summed E-state index contributed by atoms with van der Waals surface area (Å²) in [6, 6.07) is 16.1. The monoisotopic (exact) mass is 321 g/mol. The van der Waals surface area contributed by atoms with E-state index in [2.05, 4.69) is 17.4 Å². The molecule has 0 heterocycles. The van der Waals surface area contributed by atoms with Crippen molar-refractivity contribution in [1.29, 1.82) is 0 Å². The number of halogens is 2. The highest BCUT2D eigenvalue weighted by molar-refractivity contribution is 6.34. The summed E-state index contributed by atoms with van der Waals surface area (Å²) in [5, 5.41) is 4.71. The van der Waals surface area contributed by atoms with Crippen LogP contribution in [0.1, 0.15) is 24.5 Å². The molecule has 1 aliphatic carbocycles. The lowest BCUT2D eigenvalue weighted by Gasteiger charge is -2.21. The van der Waals surface area contributed by atoms with Gasteiger partial charge in [-0.25, -0.2) is 0 Å². The zero-order chi connectivity index (χ0) is 14.7. The van der Waals surface area contributed by atoms with Gasteiger partial charge in [-0.2, -0.15) is 0 Å². The Morgan fingerprint density at radius 3 is 2.57 bits per heavy atom. The molecule has 1 unspecified atom stereocenters. The predicted molar refractivity (Wildman–Crippen MR) is 87.3 cm³/mol. The number of nitrogens with one attached hydrogen (secondary N) is 1. The van der Waals surface area contributed by atoms with Crippen LogP contribution in [0.5, 0.6) is 5.75 Å². The van der Waals surface area contributed by atoms with Gasteiger partial charge in [0.05, 0.1) is 5.02 Å². The van der Waals surface area contributed by atoms with Crippen molar-refractivity contribution in [2.45, 2.75) is 25.0 Å². The fraction of sp³-hybridized carbons (Fsp3) is 0.294. The van der Waals surface area contributed by atoms with Crippen LogP contribution >= 0.6 is 23.2 Å². The average Bonchev–Trinajstić information content (AvgIpc) is 3.32. The Morgan fingerprint density at radius 1 is 1.10 bits per heavy atom. The van der Waals surface area contributed by atoms with Gasteiger partial charge in [-0.15, -0.1) is 0 Å². The molecule has 21 heavy (non-hydrogen) atoms. The van der Waals surface area contributed by atoms with Crippen LogP contribution in [-0.4, -0.2) is 12.6 Å². The van der Waals surface area contributed by atoms with Crippen molar-refractivity contribution >= 4 is 23.2 Å². The Morgan fingerprint density at radius 2 is 1.86 bits per heavy atom. The van der Waals surface area contributed by atoms with Crippen molar-refractivity contribution in [2.24, 2.45) is 0 Å². The molecule has 0 bridgehead atoms. The largest absolute Gasteiger partial charge is 0.483 e. The van der Waals surface area contributed by atoms with Crippen molar-refractivity contribution in [3.05, 3.63) is 64.1 Å². The minimum atomic E-state index is -0.0808. The number of benzene rings is 2. The molecule has 0 aromatic heterocycles. The summed E-state index contributed by atoms with van der Waals surface area (Å²) in [7, 11) is 0. The molecule has 4 heteroatoms. The molecule has 1 aliphatic rings. The highest BCUT2D eigenvalue weighted by atomic mass is 35.5. The molecular weight excluding hydrogens is 305 g/mol. The van der Waals surface area contributed by atoms with Crippen molar-refractivity contribution in [3.8, 4) is 5.75 Å². The van der Waals surface area contributed by atoms with E-state index >= 15 is 0 Å². The number of hydrogen-bond donors (Lipinski definition) is 1. The molecule has 3 rings (SSSR count). The zero-order valence-electron chi connectivity index (χ0n) is 11.6. The van der Waals surface area contributed by atoms with Gasteiger partial charge < -0.3 is 10.1 Å². The molecule has 1 N–H and O–H groups in total. The molecular formula is C17H17Cl2NO. The number of hydrogen-bond acceptors (Lipinski definition) is 2. The van der Waals surface area contributed by atoms with Gasteiger partial charge in [0.15, 0.2) is 0 Å². The second-order valence-corrected chi connectivity index (χ2v) is 6.12. The molecule has 0 saturated heterocycles. The van der Waals surface area contributed by atoms with E-state index in [1.54, 1.807) is 18.2 Å². The Kier molecular flexibility index (Phi) is 4.69. The first-order valence-electron chi connectivity index (χ1n) is 7.12. The highest BCUT2D eigenvalue weighted by Gasteiger charge is 2.23. The summed E-state index contributed by atoms with van der Waals surface area (Å²) < 4.78 is 6.11. The van der Waals surface area contributed by atoms with Crippen LogP contribution in [-0.2, 0) is 0 Å². The molecule has 0 radical (unpaired) electrons. The Bertz CT molecular complexity index is 599. The summed E-state index contributed by atoms with van der Waals surface area (Å²) in [5.41, 5.74) is 1.13. The first kappa shape index (κ1) is 14.7. The molecule has 110 valence electrons. The van der Waals surface area contributed by atoms with Gasteiger partial charge in [0.2, 0.25) is 0 Å². The predicted octanol–water partition coefficient (Wildman–Crippen LogP) is 4.87. The number of ether oxygens (including phenoxy) is 1. The van der Waals surface area contributed by atoms with Crippen LogP contribution in [0.4, 0.5) is 0 Å². The van der Waals surface area contributed by atoms with E-state index in [1.807, 2.05) is 18.2 Å². The maximum atomic E-state index is 6.20. The summed E-state index contributed by atoms with van der Waals surface area (Å²) in [6.45, 7) is 0.761. The fourth-order valence-electron chi connectivity index (χ4n) is 2.18. The normalized spacial score (nSPS) is 15.7. The van der Waals surface area contributed by atoms with Crippen LogP contribution in [0.15, 0.2) is 48.5 Å². The molecule has 0 spiro atoms. The molecule has 1 saturated carbocycles. The van der Waals surface area contributed by atoms with Crippen LogP contribution in [0.2, 0.25) is 10.0 Å². The lowest BCUT2D eigenvalue weighted by atomic mass is 10.1. The maximum Gasteiger partial charge on any atom is 0.140 e. The van der Waals surface area contributed by atoms with E-state index in [-0.39, 0.29) is 6.10 Å². The third kappa shape index (κ3) is 4.13. The third-order valence-electron chi connectivity index (χ3n) is 3.50. The van der Waals surface area contributed by atoms with Crippen molar-refractivity contribution in [2.75, 3.05) is 6.54 Å². The topological polar surface area (TPSA) is 21.3 Å². The van der Waals surface area contributed by atoms with Gasteiger partial charge in [0.1, 0.15) is 11.9 Å². The van der Waals surface area contributed by atoms with E-state index in [9.17, 15) is 0 Å². The van der Waals surface area contributed by atoms with Gasteiger partial charge >= 0.3 is 0 Å². The van der Waals surface area contributed by atoms with E-state index in [0.29, 0.717) is 21.8 Å². The number of rotatable bonds is 6. The van der Waals surface area contributed by atoms with Gasteiger partial charge in [0, 0.05) is 23.7 Å². The quantitative estimate of drug-likeness (QED) is 0.819. The molecule has 0 amide bonds. The standard InChI is InChI=1S/C17H17Cl2NO/c18-13-6-9-15(19)16(10-13)21-17(11-20-14-7-8-14)12-4-2-1-3-5-12/h1-6,9-10,14,17,20H,7-8,11H2. The van der Waals surface area contributed by atoms with E-state index in [0.717, 1.165) is 12.1 Å². The van der Waals surface area contributed by atoms with Crippen LogP contribution in [0, 0.1) is 0 Å². The summed E-state index contributed by atoms with van der Waals surface area (Å²) in [6.07, 6.45) is 2.42. The third-order valence-corrected chi connectivity index (χ3v) is 4.05. The lowest BCUT2D eigenvalue weighted by molar-refractivity contribution is 0.201. The van der Waals surface area contributed by atoms with E-state index < -0.39 is 0 Å². The summed E-state index contributed by atoms with van der Waals surface area (Å²) in [4.78, 5) is 0. The molecule has 2 aromatic carbocycles. The Labute approximate surface area is 135 Å². The SMILES string of the molecule is Clc1ccc(Cl)c(OC(CNC2CC2)c2ccccc2)c1. The molecule has 0 aliphatic heterocycles. The second-order valence-electron chi connectivity index (χ2n) is 5.27. The fourth-order valence-corrected chi connectivity index (χ4v) is 2.50. The van der Waals surface area contributed by atoms with E-state index in [1.165, 1.54) is 12.8 Å². The molecule has 2 aromatic rings. The molecule has 2 nitrogen and oxygen atoms in total. The Balaban J connectivity index is 1.78. The van der Waals surface area contributed by atoms with Crippen molar-refractivity contribution in [3.63, 3.8) is 0 Å². The summed E-state index contributed by atoms with van der Waals surface area (Å²) in [5.74, 6) is 0.621. The van der Waals surface area contributed by atoms with Crippen LogP contribution in [0.25, 0.3) is 0 Å². The smallest absolute Gasteiger partial charge is 0.140 e. The minimum absolute atomic E-state index is 0.0808. The highest BCUT2D eigenvalue weighted by Crippen LogP contribution is 2.32. The van der Waals surface area contributed by atoms with Gasteiger partial charge in [0.25, 0.3) is 0 Å². The van der Waals surface area contributed by atoms with Crippen molar-refractivity contribution < 1.29 is 4.74 Å². The van der Waals surface area contributed by atoms with Gasteiger partial charge in [-0.1, -0.05) is 53.5 Å². The van der Waals surface area contributed by atoms with E-state index in [4.69, 9.17) is 27.9 Å². The summed E-state index contributed by atoms with van der Waals surface area (Å²) >= 11 is 12.2. The zero-order valence-corrected chi connectivity index (χ0v) is 13.1. The minimum Gasteiger partial charge on any atom is -0.483 e. The van der Waals surface area contributed by atoms with Crippen LogP contribution in [0.3, 0.4) is 0 Å². The molecule has 1 fully saturated rings. The van der Waals surface area contributed by atoms with Crippen molar-refractivity contribution in [1.82, 2.24) is 5.32 Å². The van der Waals surface area contributed by atoms with Gasteiger partial charge in [-0.05, 0) is 30.5 Å². The second kappa shape index (κ2) is 6.69. The first-order chi connectivity index (χ1) is 10.2. The molecule has 1 atom stereocenters. The average molecular weight is 322 g/mol. The lowest BCUT2D eigenvalue weighted by Crippen LogP contribution is -2.26. The Hall–Kier alpha value is -1.22. The maximum absolute atomic E-state index is 6.20.